The fourth-order valence-corrected chi connectivity index (χ4v) is 21.6. The van der Waals surface area contributed by atoms with E-state index in [1.54, 1.807) is 0 Å². The summed E-state index contributed by atoms with van der Waals surface area (Å²) in [5.41, 5.74) is 12.3. The predicted octanol–water partition coefficient (Wildman–Crippen LogP) is 11.4. The maximum atomic E-state index is 5.64. The maximum absolute atomic E-state index is 5.64. The normalized spacial score (nSPS) is 12.9. The van der Waals surface area contributed by atoms with E-state index in [1.165, 1.54) is 66.8 Å². The van der Waals surface area contributed by atoms with Crippen LogP contribution in [-0.2, 0) is 0 Å². The molecule has 4 heterocycles. The number of rotatable bonds is 6. The van der Waals surface area contributed by atoms with Crippen molar-refractivity contribution in [2.45, 2.75) is 0 Å². The van der Waals surface area contributed by atoms with Crippen LogP contribution in [0.15, 0.2) is 231 Å². The van der Waals surface area contributed by atoms with Gasteiger partial charge in [-0.2, -0.15) is 0 Å². The van der Waals surface area contributed by atoms with Gasteiger partial charge in [0.25, 0.3) is 0 Å². The Hall–Kier alpha value is -7.80. The molecule has 1 aliphatic heterocycles. The van der Waals surface area contributed by atoms with Crippen LogP contribution in [0.4, 0.5) is 0 Å². The fraction of sp³-hybridized carbons (Fsp3) is 0. The van der Waals surface area contributed by atoms with Gasteiger partial charge in [-0.3, -0.25) is 0 Å². The molecule has 294 valence electrons. The van der Waals surface area contributed by atoms with Gasteiger partial charge in [0, 0.05) is 11.1 Å². The van der Waals surface area contributed by atoms with Crippen LogP contribution in [0, 0.1) is 0 Å². The van der Waals surface area contributed by atoms with Crippen LogP contribution in [0.3, 0.4) is 0 Å². The van der Waals surface area contributed by atoms with Gasteiger partial charge in [-0.1, -0.05) is 48.5 Å². The van der Waals surface area contributed by atoms with Crippen LogP contribution >= 0.6 is 0 Å². The Morgan fingerprint density at radius 1 is 0.333 bits per heavy atom. The van der Waals surface area contributed by atoms with Gasteiger partial charge in [-0.25, -0.2) is 0 Å². The molecule has 0 amide bonds. The molecule has 0 atom stereocenters. The third-order valence-electron chi connectivity index (χ3n) is 13.2. The number of aromatic nitrogens is 4. The molecule has 0 spiro atoms. The van der Waals surface area contributed by atoms with Crippen molar-refractivity contribution < 1.29 is 0 Å². The van der Waals surface area contributed by atoms with Gasteiger partial charge in [0.05, 0.1) is 5.52 Å². The molecule has 12 aromatic rings. The standard InChI is InChI=1S/C58H38GeN4/c1-5-19-39(20-6-1)54-53-55(49-29-13-16-30-50(49)59(53,41-21-7-2-8-22-41)42-23-9-3-10-24-42)61-58(60-54)40-33-35-44(36-34-40)63-52-32-18-15-28-46(52)48-38-37-47-45-27-14-17-31-51(45)62(56(47)57(48)63)43-25-11-4-12-26-43/h1-38H. The van der Waals surface area contributed by atoms with Crippen molar-refractivity contribution >= 4 is 74.5 Å². The molecule has 0 fully saturated rings. The zero-order valence-corrected chi connectivity index (χ0v) is 36.3. The molecular formula is C58H38GeN4. The van der Waals surface area contributed by atoms with Gasteiger partial charge < -0.3 is 0 Å². The minimum atomic E-state index is -3.65. The molecule has 63 heavy (non-hydrogen) atoms. The third-order valence-corrected chi connectivity index (χ3v) is 23.4. The van der Waals surface area contributed by atoms with E-state index in [0.29, 0.717) is 0 Å². The van der Waals surface area contributed by atoms with Crippen LogP contribution in [-0.4, -0.2) is 32.4 Å². The van der Waals surface area contributed by atoms with E-state index in [1.807, 2.05) is 0 Å². The summed E-state index contributed by atoms with van der Waals surface area (Å²) in [6.45, 7) is 0. The molecule has 0 saturated carbocycles. The van der Waals surface area contributed by atoms with Gasteiger partial charge in [0.15, 0.2) is 0 Å². The average Bonchev–Trinajstić information content (AvgIpc) is 3.99. The van der Waals surface area contributed by atoms with Crippen LogP contribution in [0.25, 0.3) is 88.9 Å². The molecule has 0 aliphatic carbocycles. The first-order chi connectivity index (χ1) is 31.3. The quantitative estimate of drug-likeness (QED) is 0.156. The molecule has 9 aromatic carbocycles. The number of fused-ring (bicyclic) bond motifs is 10. The monoisotopic (exact) mass is 864 g/mol. The fourth-order valence-electron chi connectivity index (χ4n) is 10.6. The zero-order valence-electron chi connectivity index (χ0n) is 34.2. The van der Waals surface area contributed by atoms with Crippen molar-refractivity contribution in [2.75, 3.05) is 0 Å². The summed E-state index contributed by atoms with van der Waals surface area (Å²) in [5, 5.41) is 4.92. The van der Waals surface area contributed by atoms with Crippen LogP contribution in [0.2, 0.25) is 0 Å². The summed E-state index contributed by atoms with van der Waals surface area (Å²) in [6.07, 6.45) is 0. The van der Waals surface area contributed by atoms with Gasteiger partial charge in [0.1, 0.15) is 0 Å². The number of hydrogen-bond donors (Lipinski definition) is 0. The summed E-state index contributed by atoms with van der Waals surface area (Å²) in [4.78, 5) is 11.3. The van der Waals surface area contributed by atoms with E-state index < -0.39 is 13.3 Å². The minimum absolute atomic E-state index is 0.724. The van der Waals surface area contributed by atoms with Crippen molar-refractivity contribution in [3.8, 4) is 45.3 Å². The van der Waals surface area contributed by atoms with Crippen molar-refractivity contribution in [3.63, 3.8) is 0 Å². The Morgan fingerprint density at radius 3 is 1.38 bits per heavy atom. The Morgan fingerprint density at radius 2 is 0.794 bits per heavy atom. The van der Waals surface area contributed by atoms with Crippen molar-refractivity contribution in [1.29, 1.82) is 0 Å². The Labute approximate surface area is 367 Å². The second-order valence-electron chi connectivity index (χ2n) is 16.5. The van der Waals surface area contributed by atoms with Crippen molar-refractivity contribution in [1.82, 2.24) is 19.1 Å². The van der Waals surface area contributed by atoms with E-state index in [-0.39, 0.29) is 0 Å². The number of para-hydroxylation sites is 3. The summed E-state index contributed by atoms with van der Waals surface area (Å²) < 4.78 is 10.3. The SMILES string of the molecule is c1ccc(-c2nc(-c3ccc(-n4c5ccccc5c5ccc6c7ccccc7n(-c7ccccc7)c6c54)cc3)nc3[c]2[Ge]([c]2ccccc2)([c]2ccccc2)[c]2ccccc2-3)cc1. The second-order valence-corrected chi connectivity index (χ2v) is 24.2. The number of nitrogens with zero attached hydrogens (tertiary/aromatic N) is 4. The first-order valence-electron chi connectivity index (χ1n) is 21.6. The second kappa shape index (κ2) is 14.1. The molecule has 3 aromatic heterocycles. The molecule has 13 rings (SSSR count). The van der Waals surface area contributed by atoms with Crippen LogP contribution < -0.4 is 17.6 Å². The van der Waals surface area contributed by atoms with Crippen molar-refractivity contribution in [3.05, 3.63) is 231 Å². The molecule has 0 radical (unpaired) electrons. The van der Waals surface area contributed by atoms with Gasteiger partial charge in [-0.05, 0) is 18.2 Å². The van der Waals surface area contributed by atoms with E-state index in [9.17, 15) is 0 Å². The summed E-state index contributed by atoms with van der Waals surface area (Å²) >= 11 is -3.65. The molecular weight excluding hydrogens is 825 g/mol. The molecule has 4 nitrogen and oxygen atoms in total. The molecule has 1 aliphatic rings. The molecule has 0 saturated heterocycles. The summed E-state index contributed by atoms with van der Waals surface area (Å²) in [7, 11) is 0. The zero-order chi connectivity index (χ0) is 41.5. The average molecular weight is 864 g/mol. The number of hydrogen-bond acceptors (Lipinski definition) is 2. The first kappa shape index (κ1) is 35.9. The molecule has 0 unspecified atom stereocenters. The summed E-state index contributed by atoms with van der Waals surface area (Å²) in [6, 6.07) is 83.9. The molecule has 0 N–H and O–H groups in total. The Bertz CT molecular complexity index is 3670. The van der Waals surface area contributed by atoms with Gasteiger partial charge in [0.2, 0.25) is 0 Å². The van der Waals surface area contributed by atoms with Crippen LogP contribution in [0.5, 0.6) is 0 Å². The topological polar surface area (TPSA) is 35.6 Å². The molecule has 0 bridgehead atoms. The van der Waals surface area contributed by atoms with E-state index in [4.69, 9.17) is 9.97 Å². The van der Waals surface area contributed by atoms with E-state index in [0.717, 1.165) is 39.7 Å². The van der Waals surface area contributed by atoms with E-state index >= 15 is 0 Å². The van der Waals surface area contributed by atoms with Crippen LogP contribution in [0.1, 0.15) is 0 Å². The van der Waals surface area contributed by atoms with E-state index in [2.05, 4.69) is 240 Å². The van der Waals surface area contributed by atoms with Gasteiger partial charge in [-0.15, -0.1) is 0 Å². The summed E-state index contributed by atoms with van der Waals surface area (Å²) in [5.74, 6) is 0.724. The molecule has 5 heteroatoms. The first-order valence-corrected chi connectivity index (χ1v) is 25.8. The van der Waals surface area contributed by atoms with Crippen molar-refractivity contribution in [2.24, 2.45) is 0 Å². The Kier molecular flexibility index (Phi) is 8.05. The third kappa shape index (κ3) is 5.22. The predicted molar refractivity (Wildman–Crippen MR) is 264 cm³/mol. The Balaban J connectivity index is 1.06. The van der Waals surface area contributed by atoms with Gasteiger partial charge >= 0.3 is 286 Å². The number of benzene rings is 9.